The summed E-state index contributed by atoms with van der Waals surface area (Å²) in [5, 5.41) is 10.5. The van der Waals surface area contributed by atoms with Gasteiger partial charge in [0.2, 0.25) is 0 Å². The van der Waals surface area contributed by atoms with Gasteiger partial charge in [-0.2, -0.15) is 0 Å². The average molecular weight is 339 g/mol. The standard InChI is InChI=1S/C9H12BrFN4O2S/c1-12-8(6-15(16)17)14(3-2-11)5-7-4-13-9(10)18-7/h4H,2-3,5-6H2,1H3. The zero-order valence-electron chi connectivity index (χ0n) is 9.68. The van der Waals surface area contributed by atoms with E-state index >= 15 is 0 Å². The molecule has 0 aliphatic rings. The fourth-order valence-corrected chi connectivity index (χ4v) is 2.75. The normalized spacial score (nSPS) is 11.6. The lowest BCUT2D eigenvalue weighted by atomic mass is 10.4. The smallest absolute Gasteiger partial charge is 0.260 e. The molecule has 0 fully saturated rings. The van der Waals surface area contributed by atoms with Crippen LogP contribution in [0.4, 0.5) is 4.39 Å². The first-order chi connectivity index (χ1) is 8.56. The lowest BCUT2D eigenvalue weighted by molar-refractivity contribution is -0.464. The molecule has 0 unspecified atom stereocenters. The number of aliphatic imine (C=N–C) groups is 1. The second kappa shape index (κ2) is 7.37. The van der Waals surface area contributed by atoms with Crippen molar-refractivity contribution in [2.75, 3.05) is 26.8 Å². The SMILES string of the molecule is CN=C(C[N+](=O)[O-])N(CCF)Cc1cnc(Br)s1. The molecule has 6 nitrogen and oxygen atoms in total. The molecule has 0 aliphatic heterocycles. The highest BCUT2D eigenvalue weighted by Gasteiger charge is 2.17. The van der Waals surface area contributed by atoms with Crippen molar-refractivity contribution in [1.82, 2.24) is 9.88 Å². The number of nitro groups is 1. The molecular formula is C9H12BrFN4O2S. The molecule has 0 atom stereocenters. The maximum atomic E-state index is 12.5. The van der Waals surface area contributed by atoms with Gasteiger partial charge in [0.1, 0.15) is 6.67 Å². The predicted molar refractivity (Wildman–Crippen MR) is 71.4 cm³/mol. The van der Waals surface area contributed by atoms with Crippen LogP contribution in [-0.2, 0) is 6.54 Å². The van der Waals surface area contributed by atoms with Crippen LogP contribution >= 0.6 is 27.3 Å². The molecule has 1 aromatic rings. The Balaban J connectivity index is 2.77. The van der Waals surface area contributed by atoms with Crippen LogP contribution in [0.15, 0.2) is 15.1 Å². The minimum absolute atomic E-state index is 0.0794. The molecule has 0 N–H and O–H groups in total. The molecule has 0 aliphatic carbocycles. The van der Waals surface area contributed by atoms with Gasteiger partial charge in [-0.15, -0.1) is 11.3 Å². The van der Waals surface area contributed by atoms with Gasteiger partial charge in [0.15, 0.2) is 9.75 Å². The van der Waals surface area contributed by atoms with Crippen molar-refractivity contribution >= 4 is 33.1 Å². The van der Waals surface area contributed by atoms with E-state index in [9.17, 15) is 14.5 Å². The van der Waals surface area contributed by atoms with E-state index in [1.165, 1.54) is 18.4 Å². The van der Waals surface area contributed by atoms with Crippen LogP contribution in [0.2, 0.25) is 0 Å². The minimum Gasteiger partial charge on any atom is -0.347 e. The van der Waals surface area contributed by atoms with E-state index in [0.29, 0.717) is 6.54 Å². The van der Waals surface area contributed by atoms with Crippen LogP contribution < -0.4 is 0 Å². The number of halogens is 2. The second-order valence-electron chi connectivity index (χ2n) is 3.32. The third-order valence-electron chi connectivity index (χ3n) is 2.12. The molecule has 0 saturated carbocycles. The monoisotopic (exact) mass is 338 g/mol. The van der Waals surface area contributed by atoms with Gasteiger partial charge in [0, 0.05) is 29.6 Å². The van der Waals surface area contributed by atoms with Crippen LogP contribution in [0.5, 0.6) is 0 Å². The topological polar surface area (TPSA) is 71.6 Å². The molecule has 1 heterocycles. The molecule has 0 aromatic carbocycles. The number of nitrogens with zero attached hydrogens (tertiary/aromatic N) is 4. The summed E-state index contributed by atoms with van der Waals surface area (Å²) in [6, 6.07) is 0. The zero-order chi connectivity index (χ0) is 13.5. The van der Waals surface area contributed by atoms with Crippen molar-refractivity contribution in [3.05, 3.63) is 25.1 Å². The Morgan fingerprint density at radius 2 is 2.50 bits per heavy atom. The summed E-state index contributed by atoms with van der Waals surface area (Å²) < 4.78 is 13.2. The average Bonchev–Trinajstić information content (AvgIpc) is 2.71. The lowest BCUT2D eigenvalue weighted by Crippen LogP contribution is -2.36. The zero-order valence-corrected chi connectivity index (χ0v) is 12.1. The summed E-state index contributed by atoms with van der Waals surface area (Å²) in [4.78, 5) is 20.4. The number of amidine groups is 1. The van der Waals surface area contributed by atoms with E-state index in [4.69, 9.17) is 0 Å². The van der Waals surface area contributed by atoms with E-state index < -0.39 is 18.1 Å². The van der Waals surface area contributed by atoms with Gasteiger partial charge < -0.3 is 4.90 Å². The van der Waals surface area contributed by atoms with Gasteiger partial charge in [-0.1, -0.05) is 0 Å². The highest BCUT2D eigenvalue weighted by atomic mass is 79.9. The van der Waals surface area contributed by atoms with Crippen molar-refractivity contribution in [3.8, 4) is 0 Å². The number of aromatic nitrogens is 1. The summed E-state index contributed by atoms with van der Waals surface area (Å²) in [7, 11) is 1.46. The van der Waals surface area contributed by atoms with Crippen molar-refractivity contribution in [3.63, 3.8) is 0 Å². The fourth-order valence-electron chi connectivity index (χ4n) is 1.37. The Morgan fingerprint density at radius 1 is 1.78 bits per heavy atom. The van der Waals surface area contributed by atoms with Crippen molar-refractivity contribution in [1.29, 1.82) is 0 Å². The molecule has 0 saturated heterocycles. The number of hydrogen-bond acceptors (Lipinski definition) is 5. The molecule has 0 amide bonds. The minimum atomic E-state index is -0.587. The Kier molecular flexibility index (Phi) is 6.13. The third-order valence-corrected chi connectivity index (χ3v) is 3.58. The lowest BCUT2D eigenvalue weighted by Gasteiger charge is -2.21. The highest BCUT2D eigenvalue weighted by Crippen LogP contribution is 2.20. The van der Waals surface area contributed by atoms with Crippen LogP contribution in [0.25, 0.3) is 0 Å². The molecule has 1 aromatic heterocycles. The largest absolute Gasteiger partial charge is 0.347 e. The van der Waals surface area contributed by atoms with Crippen LogP contribution in [0.1, 0.15) is 4.88 Å². The highest BCUT2D eigenvalue weighted by molar-refractivity contribution is 9.11. The predicted octanol–water partition coefficient (Wildman–Crippen LogP) is 1.98. The van der Waals surface area contributed by atoms with Gasteiger partial charge in [-0.05, 0) is 15.9 Å². The number of hydrogen-bond donors (Lipinski definition) is 0. The molecule has 1 rings (SSSR count). The summed E-state index contributed by atoms with van der Waals surface area (Å²) in [5.74, 6) is 0.266. The molecule has 100 valence electrons. The Labute approximate surface area is 116 Å². The van der Waals surface area contributed by atoms with Gasteiger partial charge in [-0.3, -0.25) is 15.1 Å². The first-order valence-corrected chi connectivity index (χ1v) is 6.66. The Bertz CT molecular complexity index is 440. The maximum absolute atomic E-state index is 12.5. The van der Waals surface area contributed by atoms with E-state index in [0.717, 1.165) is 8.79 Å². The molecular weight excluding hydrogens is 327 g/mol. The quantitative estimate of drug-likeness (QED) is 0.344. The van der Waals surface area contributed by atoms with Gasteiger partial charge in [-0.25, -0.2) is 9.37 Å². The summed E-state index contributed by atoms with van der Waals surface area (Å²) in [6.45, 7) is -0.545. The van der Waals surface area contributed by atoms with Crippen LogP contribution in [0.3, 0.4) is 0 Å². The number of thiazole rings is 1. The third kappa shape index (κ3) is 4.65. The maximum Gasteiger partial charge on any atom is 0.260 e. The van der Waals surface area contributed by atoms with Gasteiger partial charge in [0.05, 0.1) is 6.54 Å². The van der Waals surface area contributed by atoms with Crippen molar-refractivity contribution < 1.29 is 9.31 Å². The molecule has 18 heavy (non-hydrogen) atoms. The van der Waals surface area contributed by atoms with Gasteiger partial charge >= 0.3 is 0 Å². The first-order valence-electron chi connectivity index (χ1n) is 5.05. The molecule has 0 bridgehead atoms. The molecule has 0 spiro atoms. The van der Waals surface area contributed by atoms with E-state index in [-0.39, 0.29) is 12.4 Å². The summed E-state index contributed by atoms with van der Waals surface area (Å²) in [5.41, 5.74) is 0. The van der Waals surface area contributed by atoms with E-state index in [1.807, 2.05) is 0 Å². The number of rotatable bonds is 6. The molecule has 9 heteroatoms. The summed E-state index contributed by atoms with van der Waals surface area (Å²) in [6.07, 6.45) is 1.65. The summed E-state index contributed by atoms with van der Waals surface area (Å²) >= 11 is 4.64. The second-order valence-corrected chi connectivity index (χ2v) is 5.71. The first kappa shape index (κ1) is 15.0. The van der Waals surface area contributed by atoms with Crippen LogP contribution in [0, 0.1) is 10.1 Å². The van der Waals surface area contributed by atoms with E-state index in [2.05, 4.69) is 25.9 Å². The van der Waals surface area contributed by atoms with E-state index in [1.54, 1.807) is 11.1 Å². The fraction of sp³-hybridized carbons (Fsp3) is 0.556. The van der Waals surface area contributed by atoms with Crippen molar-refractivity contribution in [2.45, 2.75) is 6.54 Å². The number of alkyl halides is 1. The van der Waals surface area contributed by atoms with Crippen molar-refractivity contribution in [2.24, 2.45) is 4.99 Å². The van der Waals surface area contributed by atoms with Gasteiger partial charge in [0.25, 0.3) is 6.54 Å². The van der Waals surface area contributed by atoms with Crippen LogP contribution in [-0.4, -0.2) is 47.5 Å². The Hall–Kier alpha value is -1.09. The molecule has 0 radical (unpaired) electrons. The Morgan fingerprint density at radius 3 is 2.94 bits per heavy atom.